The Labute approximate surface area is 56.1 Å². The van der Waals surface area contributed by atoms with Crippen LogP contribution in [0.15, 0.2) is 11.6 Å². The van der Waals surface area contributed by atoms with E-state index in [1.165, 1.54) is 6.08 Å². The van der Waals surface area contributed by atoms with Crippen LogP contribution in [-0.2, 0) is 0 Å². The standard InChI is InChI=1S/C5H8FN.C2H6/c1-4(2)3-5(6)7;1-2/h3,7H,1-2H3;1-2H3. The van der Waals surface area contributed by atoms with Gasteiger partial charge in [-0.15, -0.1) is 0 Å². The van der Waals surface area contributed by atoms with Gasteiger partial charge in [0, 0.05) is 0 Å². The number of hydrogen-bond donors (Lipinski definition) is 1. The average Bonchev–Trinajstić information content (AvgIpc) is 1.68. The van der Waals surface area contributed by atoms with Gasteiger partial charge in [-0.1, -0.05) is 19.4 Å². The number of halogens is 1. The Balaban J connectivity index is 0. The largest absolute Gasteiger partial charge is 0.274 e. The zero-order chi connectivity index (χ0) is 7.86. The van der Waals surface area contributed by atoms with E-state index in [0.29, 0.717) is 0 Å². The molecule has 0 atom stereocenters. The van der Waals surface area contributed by atoms with E-state index in [1.807, 2.05) is 13.8 Å². The van der Waals surface area contributed by atoms with Gasteiger partial charge in [0.1, 0.15) is 0 Å². The lowest BCUT2D eigenvalue weighted by Crippen LogP contribution is -1.76. The minimum atomic E-state index is -0.875. The zero-order valence-corrected chi connectivity index (χ0v) is 6.46. The van der Waals surface area contributed by atoms with Gasteiger partial charge < -0.3 is 0 Å². The summed E-state index contributed by atoms with van der Waals surface area (Å²) in [6, 6.07) is 0. The molecule has 0 amide bonds. The van der Waals surface area contributed by atoms with Crippen LogP contribution >= 0.6 is 0 Å². The van der Waals surface area contributed by atoms with Gasteiger partial charge in [-0.05, 0) is 19.9 Å². The highest BCUT2D eigenvalue weighted by Gasteiger charge is 1.80. The molecule has 0 bridgehead atoms. The first kappa shape index (κ1) is 11.2. The molecule has 0 radical (unpaired) electrons. The van der Waals surface area contributed by atoms with Crippen molar-refractivity contribution in [2.24, 2.45) is 0 Å². The van der Waals surface area contributed by atoms with Gasteiger partial charge in [0.2, 0.25) is 5.97 Å². The molecule has 0 fully saturated rings. The molecule has 0 unspecified atom stereocenters. The molecule has 0 aromatic rings. The molecule has 0 saturated heterocycles. The summed E-state index contributed by atoms with van der Waals surface area (Å²) in [5.74, 6) is -0.875. The molecule has 9 heavy (non-hydrogen) atoms. The Morgan fingerprint density at radius 2 is 1.67 bits per heavy atom. The van der Waals surface area contributed by atoms with Gasteiger partial charge in [0.25, 0.3) is 0 Å². The number of rotatable bonds is 1. The summed E-state index contributed by atoms with van der Waals surface area (Å²) >= 11 is 0. The van der Waals surface area contributed by atoms with Gasteiger partial charge >= 0.3 is 0 Å². The maximum atomic E-state index is 11.5. The zero-order valence-electron chi connectivity index (χ0n) is 6.46. The molecule has 1 N–H and O–H groups in total. The van der Waals surface area contributed by atoms with E-state index >= 15 is 0 Å². The van der Waals surface area contributed by atoms with E-state index in [1.54, 1.807) is 13.8 Å². The second kappa shape index (κ2) is 7.34. The summed E-state index contributed by atoms with van der Waals surface area (Å²) in [4.78, 5) is 0. The Kier molecular flexibility index (Phi) is 9.12. The minimum absolute atomic E-state index is 0.813. The van der Waals surface area contributed by atoms with Crippen molar-refractivity contribution >= 4 is 5.97 Å². The van der Waals surface area contributed by atoms with Crippen LogP contribution in [0.2, 0.25) is 0 Å². The maximum Gasteiger partial charge on any atom is 0.205 e. The molecule has 0 aromatic carbocycles. The van der Waals surface area contributed by atoms with Crippen LogP contribution in [0.25, 0.3) is 0 Å². The molecular weight excluding hydrogens is 117 g/mol. The number of nitrogens with one attached hydrogen (secondary N) is 1. The van der Waals surface area contributed by atoms with Crippen molar-refractivity contribution in [2.75, 3.05) is 0 Å². The van der Waals surface area contributed by atoms with Crippen LogP contribution in [0.1, 0.15) is 27.7 Å². The second-order valence-corrected chi connectivity index (χ2v) is 1.57. The van der Waals surface area contributed by atoms with Gasteiger partial charge in [0.05, 0.1) is 0 Å². The molecule has 0 spiro atoms. The highest BCUT2D eigenvalue weighted by molar-refractivity contribution is 5.83. The molecule has 2 heteroatoms. The SMILES string of the molecule is CC.CC(C)=CC(=N)F. The van der Waals surface area contributed by atoms with E-state index in [-0.39, 0.29) is 0 Å². The van der Waals surface area contributed by atoms with Crippen molar-refractivity contribution < 1.29 is 4.39 Å². The molecule has 0 aliphatic heterocycles. The monoisotopic (exact) mass is 131 g/mol. The van der Waals surface area contributed by atoms with E-state index in [4.69, 9.17) is 5.41 Å². The van der Waals surface area contributed by atoms with Crippen LogP contribution in [0.3, 0.4) is 0 Å². The third kappa shape index (κ3) is 18.8. The average molecular weight is 131 g/mol. The van der Waals surface area contributed by atoms with E-state index in [9.17, 15) is 4.39 Å². The van der Waals surface area contributed by atoms with Crippen LogP contribution in [0.5, 0.6) is 0 Å². The predicted octanol–water partition coefficient (Wildman–Crippen LogP) is 2.93. The summed E-state index contributed by atoms with van der Waals surface area (Å²) in [6.45, 7) is 7.49. The van der Waals surface area contributed by atoms with Gasteiger partial charge in [-0.2, -0.15) is 4.39 Å². The lowest BCUT2D eigenvalue weighted by Gasteiger charge is -1.80. The first-order valence-electron chi connectivity index (χ1n) is 3.02. The quantitative estimate of drug-likeness (QED) is 0.529. The molecule has 0 heterocycles. The molecule has 0 saturated carbocycles. The van der Waals surface area contributed by atoms with Crippen molar-refractivity contribution in [1.29, 1.82) is 5.41 Å². The summed E-state index contributed by atoms with van der Waals surface area (Å²) in [5, 5.41) is 6.28. The van der Waals surface area contributed by atoms with Crippen LogP contribution in [0.4, 0.5) is 4.39 Å². The van der Waals surface area contributed by atoms with Crippen molar-refractivity contribution in [1.82, 2.24) is 0 Å². The fourth-order valence-electron chi connectivity index (χ4n) is 0.253. The fraction of sp³-hybridized carbons (Fsp3) is 0.571. The highest BCUT2D eigenvalue weighted by Crippen LogP contribution is 1.88. The van der Waals surface area contributed by atoms with Crippen LogP contribution in [-0.4, -0.2) is 5.97 Å². The Hall–Kier alpha value is -0.660. The van der Waals surface area contributed by atoms with Gasteiger partial charge in [-0.25, -0.2) is 0 Å². The normalized spacial score (nSPS) is 6.78. The Bertz CT molecular complexity index is 101. The molecule has 54 valence electrons. The first-order valence-corrected chi connectivity index (χ1v) is 3.02. The molecule has 1 nitrogen and oxygen atoms in total. The van der Waals surface area contributed by atoms with E-state index in [2.05, 4.69) is 0 Å². The third-order valence-electron chi connectivity index (χ3n) is 0.415. The summed E-state index contributed by atoms with van der Waals surface area (Å²) in [6.07, 6.45) is 1.17. The molecule has 0 aromatic heterocycles. The van der Waals surface area contributed by atoms with Gasteiger partial charge in [-0.3, -0.25) is 5.41 Å². The van der Waals surface area contributed by atoms with E-state index in [0.717, 1.165) is 5.57 Å². The summed E-state index contributed by atoms with van der Waals surface area (Å²) in [5.41, 5.74) is 0.813. The second-order valence-electron chi connectivity index (χ2n) is 1.57. The lowest BCUT2D eigenvalue weighted by atomic mass is 10.3. The summed E-state index contributed by atoms with van der Waals surface area (Å²) in [7, 11) is 0. The molecule has 0 aliphatic carbocycles. The smallest absolute Gasteiger partial charge is 0.205 e. The van der Waals surface area contributed by atoms with Crippen molar-refractivity contribution in [3.63, 3.8) is 0 Å². The van der Waals surface area contributed by atoms with E-state index < -0.39 is 5.97 Å². The summed E-state index contributed by atoms with van der Waals surface area (Å²) < 4.78 is 11.5. The lowest BCUT2D eigenvalue weighted by molar-refractivity contribution is 0.802. The fourth-order valence-corrected chi connectivity index (χ4v) is 0.253. The third-order valence-corrected chi connectivity index (χ3v) is 0.415. The molecular formula is C7H14FN. The Morgan fingerprint density at radius 3 is 1.67 bits per heavy atom. The van der Waals surface area contributed by atoms with Gasteiger partial charge in [0.15, 0.2) is 0 Å². The number of hydrogen-bond acceptors (Lipinski definition) is 1. The van der Waals surface area contributed by atoms with Crippen LogP contribution < -0.4 is 0 Å². The van der Waals surface area contributed by atoms with Crippen LogP contribution in [0, 0.1) is 5.41 Å². The molecule has 0 rings (SSSR count). The topological polar surface area (TPSA) is 23.9 Å². The van der Waals surface area contributed by atoms with Crippen molar-refractivity contribution in [3.8, 4) is 0 Å². The Morgan fingerprint density at radius 1 is 1.33 bits per heavy atom. The maximum absolute atomic E-state index is 11.5. The minimum Gasteiger partial charge on any atom is -0.274 e. The van der Waals surface area contributed by atoms with Crippen molar-refractivity contribution in [2.45, 2.75) is 27.7 Å². The first-order chi connectivity index (χ1) is 4.13. The predicted molar refractivity (Wildman–Crippen MR) is 39.6 cm³/mol. The highest BCUT2D eigenvalue weighted by atomic mass is 19.1. The molecule has 0 aliphatic rings. The van der Waals surface area contributed by atoms with Crippen molar-refractivity contribution in [3.05, 3.63) is 11.6 Å². The number of allylic oxidation sites excluding steroid dienone is 2.